The first-order valence-corrected chi connectivity index (χ1v) is 7.06. The van der Waals surface area contributed by atoms with E-state index in [2.05, 4.69) is 0 Å². The average Bonchev–Trinajstić information content (AvgIpc) is 2.85. The molecule has 0 spiro atoms. The van der Waals surface area contributed by atoms with Gasteiger partial charge < -0.3 is 14.6 Å². The van der Waals surface area contributed by atoms with E-state index in [-0.39, 0.29) is 24.2 Å². The van der Waals surface area contributed by atoms with Gasteiger partial charge in [-0.15, -0.1) is 0 Å². The van der Waals surface area contributed by atoms with Crippen LogP contribution in [-0.4, -0.2) is 45.9 Å². The monoisotopic (exact) mass is 304 g/mol. The van der Waals surface area contributed by atoms with Gasteiger partial charge in [-0.25, -0.2) is 0 Å². The van der Waals surface area contributed by atoms with Gasteiger partial charge in [-0.3, -0.25) is 4.79 Å². The Kier molecular flexibility index (Phi) is 4.92. The van der Waals surface area contributed by atoms with Gasteiger partial charge in [-0.1, -0.05) is 0 Å². The van der Waals surface area contributed by atoms with E-state index < -0.39 is 12.7 Å². The molecule has 4 nitrogen and oxygen atoms in total. The summed E-state index contributed by atoms with van der Waals surface area (Å²) < 4.78 is 38.5. The Morgan fingerprint density at radius 1 is 1.38 bits per heavy atom. The predicted molar refractivity (Wildman–Crippen MR) is 70.9 cm³/mol. The largest absolute Gasteiger partial charge is 0.406 e. The maximum absolute atomic E-state index is 12.5. The highest BCUT2D eigenvalue weighted by Crippen LogP contribution is 2.24. The second-order valence-corrected chi connectivity index (χ2v) is 5.30. The van der Waals surface area contributed by atoms with Crippen LogP contribution >= 0.6 is 0 Å². The molecule has 118 valence electrons. The molecule has 0 saturated carbocycles. The van der Waals surface area contributed by atoms with Crippen LogP contribution in [0.15, 0.2) is 18.3 Å². The molecule has 0 bridgehead atoms. The van der Waals surface area contributed by atoms with Crippen molar-refractivity contribution in [3.63, 3.8) is 0 Å². The van der Waals surface area contributed by atoms with Gasteiger partial charge in [0, 0.05) is 25.4 Å². The van der Waals surface area contributed by atoms with E-state index in [1.54, 1.807) is 4.90 Å². The third kappa shape index (κ3) is 4.00. The number of halogens is 3. The van der Waals surface area contributed by atoms with Gasteiger partial charge in [0.25, 0.3) is 5.91 Å². The molecule has 1 atom stereocenters. The van der Waals surface area contributed by atoms with Crippen molar-refractivity contribution in [2.75, 3.05) is 13.2 Å². The fourth-order valence-electron chi connectivity index (χ4n) is 2.80. The van der Waals surface area contributed by atoms with Crippen molar-refractivity contribution < 1.29 is 23.1 Å². The van der Waals surface area contributed by atoms with E-state index in [1.807, 2.05) is 0 Å². The van der Waals surface area contributed by atoms with E-state index in [9.17, 15) is 18.0 Å². The third-order valence-electron chi connectivity index (χ3n) is 3.75. The first kappa shape index (κ1) is 15.9. The lowest BCUT2D eigenvalue weighted by Gasteiger charge is -2.35. The van der Waals surface area contributed by atoms with Crippen molar-refractivity contribution in [3.8, 4) is 0 Å². The molecule has 21 heavy (non-hydrogen) atoms. The molecule has 1 fully saturated rings. The number of hydrogen-bond donors (Lipinski definition) is 1. The third-order valence-corrected chi connectivity index (χ3v) is 3.75. The number of aromatic nitrogens is 1. The van der Waals surface area contributed by atoms with E-state index in [1.165, 1.54) is 18.3 Å². The van der Waals surface area contributed by atoms with Crippen LogP contribution in [0, 0.1) is 0 Å². The molecular formula is C14H19F3N2O2. The average molecular weight is 304 g/mol. The summed E-state index contributed by atoms with van der Waals surface area (Å²) in [5, 5.41) is 9.06. The highest BCUT2D eigenvalue weighted by molar-refractivity contribution is 5.93. The Balaban J connectivity index is 2.17. The van der Waals surface area contributed by atoms with Crippen LogP contribution in [0.1, 0.15) is 36.2 Å². The van der Waals surface area contributed by atoms with Gasteiger partial charge in [0.2, 0.25) is 0 Å². The summed E-state index contributed by atoms with van der Waals surface area (Å²) in [5.41, 5.74) is 0.0529. The maximum Gasteiger partial charge on any atom is 0.406 e. The number of amides is 1. The number of carbonyl (C=O) groups excluding carboxylic acids is 1. The summed E-state index contributed by atoms with van der Waals surface area (Å²) in [4.78, 5) is 14.1. The first-order chi connectivity index (χ1) is 9.92. The summed E-state index contributed by atoms with van der Waals surface area (Å²) in [6.45, 7) is -0.668. The van der Waals surface area contributed by atoms with Crippen LogP contribution < -0.4 is 0 Å². The topological polar surface area (TPSA) is 45.5 Å². The summed E-state index contributed by atoms with van der Waals surface area (Å²) in [6.07, 6.45) is -0.0319. The highest BCUT2D eigenvalue weighted by atomic mass is 19.4. The van der Waals surface area contributed by atoms with Crippen LogP contribution in [0.4, 0.5) is 13.2 Å². The van der Waals surface area contributed by atoms with Crippen molar-refractivity contribution in [2.24, 2.45) is 0 Å². The number of aliphatic hydroxyl groups excluding tert-OH is 1. The minimum absolute atomic E-state index is 0.0298. The predicted octanol–water partition coefficient (Wildman–Crippen LogP) is 2.43. The van der Waals surface area contributed by atoms with E-state index in [4.69, 9.17) is 5.11 Å². The Hall–Kier alpha value is -1.50. The van der Waals surface area contributed by atoms with Gasteiger partial charge in [-0.05, 0) is 37.8 Å². The van der Waals surface area contributed by atoms with Gasteiger partial charge in [-0.2, -0.15) is 13.2 Å². The molecule has 7 heteroatoms. The molecule has 1 aromatic heterocycles. The fourth-order valence-corrected chi connectivity index (χ4v) is 2.80. The fraction of sp³-hybridized carbons (Fsp3) is 0.643. The van der Waals surface area contributed by atoms with Crippen molar-refractivity contribution in [2.45, 2.75) is 44.4 Å². The molecule has 2 rings (SSSR count). The molecule has 1 amide bonds. The minimum Gasteiger partial charge on any atom is -0.396 e. The molecule has 0 radical (unpaired) electrons. The van der Waals surface area contributed by atoms with E-state index in [0.717, 1.165) is 23.8 Å². The number of likely N-dealkylation sites (tertiary alicyclic amines) is 1. The first-order valence-electron chi connectivity index (χ1n) is 7.06. The summed E-state index contributed by atoms with van der Waals surface area (Å²) >= 11 is 0. The van der Waals surface area contributed by atoms with Crippen molar-refractivity contribution in [1.82, 2.24) is 9.47 Å². The minimum atomic E-state index is -4.36. The van der Waals surface area contributed by atoms with E-state index >= 15 is 0 Å². The van der Waals surface area contributed by atoms with Gasteiger partial charge in [0.15, 0.2) is 0 Å². The van der Waals surface area contributed by atoms with Crippen molar-refractivity contribution in [3.05, 3.63) is 24.0 Å². The number of rotatable bonds is 4. The summed E-state index contributed by atoms with van der Waals surface area (Å²) in [5.74, 6) is -0.387. The number of alkyl halides is 3. The van der Waals surface area contributed by atoms with E-state index in [0.29, 0.717) is 13.0 Å². The van der Waals surface area contributed by atoms with Gasteiger partial charge in [0.05, 0.1) is 0 Å². The van der Waals surface area contributed by atoms with Crippen LogP contribution in [0.25, 0.3) is 0 Å². The lowest BCUT2D eigenvalue weighted by Crippen LogP contribution is -2.45. The van der Waals surface area contributed by atoms with Gasteiger partial charge >= 0.3 is 6.18 Å². The number of piperidine rings is 1. The highest BCUT2D eigenvalue weighted by Gasteiger charge is 2.32. The van der Waals surface area contributed by atoms with Crippen LogP contribution in [-0.2, 0) is 6.54 Å². The normalized spacial score (nSPS) is 19.8. The number of carbonyl (C=O) groups is 1. The number of nitrogens with zero attached hydrogens (tertiary/aromatic N) is 2. The molecule has 0 aliphatic carbocycles. The Labute approximate surface area is 121 Å². The quantitative estimate of drug-likeness (QED) is 0.928. The summed E-state index contributed by atoms with van der Waals surface area (Å²) in [7, 11) is 0. The lowest BCUT2D eigenvalue weighted by atomic mass is 9.99. The molecule has 1 saturated heterocycles. The Morgan fingerprint density at radius 3 is 2.81 bits per heavy atom. The SMILES string of the molecule is O=C(c1cccn1CC(F)(F)F)N1CCCCC1CCO. The second-order valence-electron chi connectivity index (χ2n) is 5.30. The zero-order valence-corrected chi connectivity index (χ0v) is 11.6. The molecule has 2 heterocycles. The van der Waals surface area contributed by atoms with Crippen molar-refractivity contribution >= 4 is 5.91 Å². The Morgan fingerprint density at radius 2 is 2.14 bits per heavy atom. The van der Waals surface area contributed by atoms with Crippen LogP contribution in [0.3, 0.4) is 0 Å². The second kappa shape index (κ2) is 6.51. The summed E-state index contributed by atoms with van der Waals surface area (Å²) in [6, 6.07) is 2.77. The van der Waals surface area contributed by atoms with Crippen LogP contribution in [0.2, 0.25) is 0 Å². The molecule has 1 aliphatic heterocycles. The molecule has 1 aliphatic rings. The zero-order valence-electron chi connectivity index (χ0n) is 11.6. The van der Waals surface area contributed by atoms with Crippen LogP contribution in [0.5, 0.6) is 0 Å². The standard InChI is InChI=1S/C14H19F3N2O2/c15-14(16,17)10-18-7-3-5-12(18)13(21)19-8-2-1-4-11(19)6-9-20/h3,5,7,11,20H,1-2,4,6,8-10H2. The van der Waals surface area contributed by atoms with Crippen molar-refractivity contribution in [1.29, 1.82) is 0 Å². The molecule has 1 N–H and O–H groups in total. The van der Waals surface area contributed by atoms with Gasteiger partial charge in [0.1, 0.15) is 12.2 Å². The molecule has 0 aromatic carbocycles. The zero-order chi connectivity index (χ0) is 15.5. The maximum atomic E-state index is 12.5. The number of hydrogen-bond acceptors (Lipinski definition) is 2. The lowest BCUT2D eigenvalue weighted by molar-refractivity contribution is -0.140. The molecule has 1 aromatic rings. The molecule has 1 unspecified atom stereocenters. The number of aliphatic hydroxyl groups is 1. The Bertz CT molecular complexity index is 483. The smallest absolute Gasteiger partial charge is 0.396 e. The molecular weight excluding hydrogens is 285 g/mol.